The van der Waals surface area contributed by atoms with Crippen LogP contribution in [0.5, 0.6) is 0 Å². The maximum atomic E-state index is 13.3. The van der Waals surface area contributed by atoms with Crippen LogP contribution < -0.4 is 10.6 Å². The highest BCUT2D eigenvalue weighted by molar-refractivity contribution is 6.31. The molecule has 33 heavy (non-hydrogen) atoms. The van der Waals surface area contributed by atoms with Crippen LogP contribution >= 0.6 is 11.6 Å². The smallest absolute Gasteiger partial charge is 0.320 e. The Morgan fingerprint density at radius 2 is 1.76 bits per heavy atom. The third kappa shape index (κ3) is 5.87. The molecule has 0 atom stereocenters. The van der Waals surface area contributed by atoms with Gasteiger partial charge in [-0.3, -0.25) is 9.59 Å². The number of rotatable bonds is 7. The normalized spacial score (nSPS) is 18.0. The molecule has 0 radical (unpaired) electrons. The Hall–Kier alpha value is -3.46. The van der Waals surface area contributed by atoms with Crippen LogP contribution in [0.15, 0.2) is 46.9 Å². The van der Waals surface area contributed by atoms with Gasteiger partial charge >= 0.3 is 23.8 Å². The molecule has 1 heterocycles. The summed E-state index contributed by atoms with van der Waals surface area (Å²) in [7, 11) is 0. The highest BCUT2D eigenvalue weighted by Gasteiger charge is 2.24. The summed E-state index contributed by atoms with van der Waals surface area (Å²) in [6.45, 7) is 0. The number of hydrogen-bond acceptors (Lipinski definition) is 6. The fourth-order valence-electron chi connectivity index (χ4n) is 4.03. The first-order valence-corrected chi connectivity index (χ1v) is 10.9. The Labute approximate surface area is 194 Å². The molecule has 10 heteroatoms. The zero-order valence-electron chi connectivity index (χ0n) is 17.6. The summed E-state index contributed by atoms with van der Waals surface area (Å²) in [4.78, 5) is 23.3. The fraction of sp³-hybridized carbons (Fsp3) is 0.304. The van der Waals surface area contributed by atoms with E-state index in [-0.39, 0.29) is 29.3 Å². The average molecular weight is 473 g/mol. The lowest BCUT2D eigenvalue weighted by Gasteiger charge is -2.28. The number of nitrogens with one attached hydrogen (secondary N) is 2. The van der Waals surface area contributed by atoms with Gasteiger partial charge in [-0.1, -0.05) is 28.8 Å². The number of halogens is 2. The highest BCUT2D eigenvalue weighted by atomic mass is 35.5. The van der Waals surface area contributed by atoms with E-state index in [0.717, 1.165) is 25.7 Å². The molecule has 1 amide bonds. The molecule has 0 spiro atoms. The van der Waals surface area contributed by atoms with Gasteiger partial charge in [-0.05, 0) is 73.4 Å². The van der Waals surface area contributed by atoms with Gasteiger partial charge in [-0.25, -0.2) is 4.39 Å². The molecule has 3 N–H and O–H groups in total. The van der Waals surface area contributed by atoms with Crippen molar-refractivity contribution in [3.8, 4) is 0 Å². The van der Waals surface area contributed by atoms with Crippen molar-refractivity contribution in [2.45, 2.75) is 38.0 Å². The number of aliphatic carboxylic acids is 1. The van der Waals surface area contributed by atoms with E-state index in [9.17, 15) is 14.0 Å². The summed E-state index contributed by atoms with van der Waals surface area (Å²) >= 11 is 5.74. The van der Waals surface area contributed by atoms with Gasteiger partial charge in [-0.15, -0.1) is 5.10 Å². The second-order valence-corrected chi connectivity index (χ2v) is 8.47. The van der Waals surface area contributed by atoms with Gasteiger partial charge in [-0.2, -0.15) is 0 Å². The first-order valence-electron chi connectivity index (χ1n) is 10.6. The Morgan fingerprint density at radius 1 is 1.06 bits per heavy atom. The molecule has 172 valence electrons. The van der Waals surface area contributed by atoms with Gasteiger partial charge < -0.3 is 20.2 Å². The quantitative estimate of drug-likeness (QED) is 0.409. The van der Waals surface area contributed by atoms with Gasteiger partial charge in [0.1, 0.15) is 5.82 Å². The molecule has 1 aliphatic carbocycles. The molecule has 8 nitrogen and oxygen atoms in total. The van der Waals surface area contributed by atoms with Crippen molar-refractivity contribution in [1.29, 1.82) is 0 Å². The molecule has 1 aliphatic rings. The van der Waals surface area contributed by atoms with Gasteiger partial charge in [0.15, 0.2) is 0 Å². The van der Waals surface area contributed by atoms with E-state index >= 15 is 0 Å². The molecule has 1 aromatic heterocycles. The van der Waals surface area contributed by atoms with E-state index in [1.807, 2.05) is 24.3 Å². The Kier molecular flexibility index (Phi) is 6.88. The highest BCUT2D eigenvalue weighted by Crippen LogP contribution is 2.37. The molecule has 2 aromatic carbocycles. The van der Waals surface area contributed by atoms with Crippen LogP contribution in [-0.4, -0.2) is 27.2 Å². The molecule has 3 aromatic rings. The molecule has 1 fully saturated rings. The van der Waals surface area contributed by atoms with Crippen LogP contribution in [0.4, 0.5) is 21.8 Å². The SMILES string of the molecule is O=C(O)CC1CCC(c2ccc(NC(=O)c3nnc(Nc4ccc(F)c(Cl)c4)o3)cc2)CC1. The van der Waals surface area contributed by atoms with Gasteiger partial charge in [0.2, 0.25) is 0 Å². The lowest BCUT2D eigenvalue weighted by molar-refractivity contribution is -0.138. The molecular weight excluding hydrogens is 451 g/mol. The van der Waals surface area contributed by atoms with Crippen LogP contribution in [0, 0.1) is 11.7 Å². The van der Waals surface area contributed by atoms with Crippen LogP contribution in [0.25, 0.3) is 0 Å². The van der Waals surface area contributed by atoms with Crippen molar-refractivity contribution >= 4 is 40.9 Å². The molecule has 0 saturated heterocycles. The summed E-state index contributed by atoms with van der Waals surface area (Å²) in [5, 5.41) is 21.9. The number of carboxylic acids is 1. The first-order chi connectivity index (χ1) is 15.9. The minimum absolute atomic E-state index is 0.0309. The monoisotopic (exact) mass is 472 g/mol. The van der Waals surface area contributed by atoms with Crippen LogP contribution in [-0.2, 0) is 4.79 Å². The second-order valence-electron chi connectivity index (χ2n) is 8.06. The number of nitrogens with zero attached hydrogens (tertiary/aromatic N) is 2. The van der Waals surface area contributed by atoms with Crippen LogP contribution in [0.3, 0.4) is 0 Å². The van der Waals surface area contributed by atoms with E-state index in [1.54, 1.807) is 0 Å². The molecular formula is C23H22ClFN4O4. The van der Waals surface area contributed by atoms with Gasteiger partial charge in [0.25, 0.3) is 0 Å². The Morgan fingerprint density at radius 3 is 2.42 bits per heavy atom. The summed E-state index contributed by atoms with van der Waals surface area (Å²) in [6.07, 6.45) is 3.98. The van der Waals surface area contributed by atoms with Crippen molar-refractivity contribution < 1.29 is 23.5 Å². The van der Waals surface area contributed by atoms with Crippen molar-refractivity contribution in [2.24, 2.45) is 5.92 Å². The average Bonchev–Trinajstić information content (AvgIpc) is 3.26. The second kappa shape index (κ2) is 9.99. The lowest BCUT2D eigenvalue weighted by atomic mass is 9.77. The largest absolute Gasteiger partial charge is 0.481 e. The lowest BCUT2D eigenvalue weighted by Crippen LogP contribution is -2.16. The summed E-state index contributed by atoms with van der Waals surface area (Å²) in [5.74, 6) is -1.43. The predicted octanol–water partition coefficient (Wildman–Crippen LogP) is 5.61. The number of hydrogen-bond donors (Lipinski definition) is 3. The van der Waals surface area contributed by atoms with Crippen molar-refractivity contribution in [1.82, 2.24) is 10.2 Å². The van der Waals surface area contributed by atoms with Crippen LogP contribution in [0.2, 0.25) is 5.02 Å². The van der Waals surface area contributed by atoms with Gasteiger partial charge in [0, 0.05) is 17.8 Å². The number of carbonyl (C=O) groups is 2. The topological polar surface area (TPSA) is 117 Å². The Balaban J connectivity index is 1.32. The van der Waals surface area contributed by atoms with Gasteiger partial charge in [0.05, 0.1) is 5.02 Å². The van der Waals surface area contributed by atoms with E-state index < -0.39 is 17.7 Å². The standard InChI is InChI=1S/C23H22ClFN4O4/c24-18-12-17(9-10-19(18)25)27-23-29-28-22(33-23)21(32)26-16-7-5-15(6-8-16)14-3-1-13(2-4-14)11-20(30)31/h5-10,12-14H,1-4,11H2,(H,26,32)(H,27,29)(H,30,31). The van der Waals surface area contributed by atoms with E-state index in [2.05, 4.69) is 20.8 Å². The predicted molar refractivity (Wildman–Crippen MR) is 120 cm³/mol. The van der Waals surface area contributed by atoms with E-state index in [4.69, 9.17) is 21.1 Å². The number of carboxylic acid groups (broad SMARTS) is 1. The number of aromatic nitrogens is 2. The zero-order valence-corrected chi connectivity index (χ0v) is 18.3. The summed E-state index contributed by atoms with van der Waals surface area (Å²) in [6, 6.07) is 11.5. The fourth-order valence-corrected chi connectivity index (χ4v) is 4.21. The first kappa shape index (κ1) is 22.7. The van der Waals surface area contributed by atoms with E-state index in [0.29, 0.717) is 17.3 Å². The summed E-state index contributed by atoms with van der Waals surface area (Å²) in [5.41, 5.74) is 2.19. The zero-order chi connectivity index (χ0) is 23.4. The van der Waals surface area contributed by atoms with Crippen molar-refractivity contribution in [2.75, 3.05) is 10.6 Å². The van der Waals surface area contributed by atoms with E-state index in [1.165, 1.54) is 23.8 Å². The third-order valence-corrected chi connectivity index (χ3v) is 6.03. The number of amides is 1. The third-order valence-electron chi connectivity index (χ3n) is 5.74. The number of carbonyl (C=O) groups excluding carboxylic acids is 1. The molecule has 0 bridgehead atoms. The number of anilines is 3. The molecule has 1 saturated carbocycles. The maximum Gasteiger partial charge on any atom is 0.320 e. The molecule has 0 aliphatic heterocycles. The summed E-state index contributed by atoms with van der Waals surface area (Å²) < 4.78 is 18.6. The molecule has 0 unspecified atom stereocenters. The maximum absolute atomic E-state index is 13.3. The molecule has 4 rings (SSSR count). The minimum atomic E-state index is -0.734. The van der Waals surface area contributed by atoms with Crippen molar-refractivity contribution in [3.63, 3.8) is 0 Å². The minimum Gasteiger partial charge on any atom is -0.481 e. The van der Waals surface area contributed by atoms with Crippen LogP contribution in [0.1, 0.15) is 54.3 Å². The van der Waals surface area contributed by atoms with Crippen molar-refractivity contribution in [3.05, 3.63) is 64.8 Å². The Bertz CT molecular complexity index is 1140. The number of benzene rings is 2.